The third kappa shape index (κ3) is 1.82. The molecule has 3 nitrogen and oxygen atoms in total. The molecule has 3 heteroatoms. The van der Waals surface area contributed by atoms with Crippen LogP contribution in [0.4, 0.5) is 0 Å². The first-order valence-corrected chi connectivity index (χ1v) is 5.57. The highest BCUT2D eigenvalue weighted by Crippen LogP contribution is 2.39. The maximum atomic E-state index is 11.7. The zero-order chi connectivity index (χ0) is 12.3. The Bertz CT molecular complexity index is 349. The van der Waals surface area contributed by atoms with Gasteiger partial charge in [-0.2, -0.15) is 0 Å². The van der Waals surface area contributed by atoms with Crippen molar-refractivity contribution in [3.05, 3.63) is 30.1 Å². The van der Waals surface area contributed by atoms with Crippen LogP contribution in [0, 0.1) is 11.8 Å². The molecule has 0 aliphatic carbocycles. The number of hydrogen-bond acceptors (Lipinski definition) is 2. The third-order valence-corrected chi connectivity index (χ3v) is 3.33. The summed E-state index contributed by atoms with van der Waals surface area (Å²) >= 11 is 0. The second-order valence-corrected chi connectivity index (χ2v) is 4.72. The van der Waals surface area contributed by atoms with E-state index in [0.717, 1.165) is 5.56 Å². The maximum Gasteiger partial charge on any atom is 0.314 e. The largest absolute Gasteiger partial charge is 0.481 e. The highest BCUT2D eigenvalue weighted by Gasteiger charge is 2.46. The van der Waals surface area contributed by atoms with Gasteiger partial charge in [-0.3, -0.25) is 9.78 Å². The van der Waals surface area contributed by atoms with E-state index in [-0.39, 0.29) is 11.8 Å². The Morgan fingerprint density at radius 1 is 1.19 bits per heavy atom. The number of aromatic nitrogens is 1. The van der Waals surface area contributed by atoms with Gasteiger partial charge >= 0.3 is 5.97 Å². The average molecular weight is 221 g/mol. The van der Waals surface area contributed by atoms with Gasteiger partial charge in [0.05, 0.1) is 5.41 Å². The fourth-order valence-corrected chi connectivity index (χ4v) is 2.58. The van der Waals surface area contributed by atoms with Gasteiger partial charge in [-0.25, -0.2) is 0 Å². The molecular formula is C13H19NO2. The summed E-state index contributed by atoms with van der Waals surface area (Å²) in [7, 11) is 0. The SMILES string of the molecule is CC(C)C(C(=O)O)(c1ccncc1)C(C)C. The second kappa shape index (κ2) is 4.64. The molecule has 0 fully saturated rings. The normalized spacial score (nSPS) is 12.1. The zero-order valence-electron chi connectivity index (χ0n) is 10.3. The Morgan fingerprint density at radius 3 is 1.94 bits per heavy atom. The smallest absolute Gasteiger partial charge is 0.314 e. The lowest BCUT2D eigenvalue weighted by molar-refractivity contribution is -0.148. The van der Waals surface area contributed by atoms with Gasteiger partial charge in [0, 0.05) is 12.4 Å². The number of carboxylic acids is 1. The molecule has 0 aliphatic rings. The molecule has 0 aromatic carbocycles. The van der Waals surface area contributed by atoms with Crippen LogP contribution < -0.4 is 0 Å². The predicted octanol–water partition coefficient (Wildman–Crippen LogP) is 2.72. The van der Waals surface area contributed by atoms with Crippen LogP contribution in [0.3, 0.4) is 0 Å². The standard InChI is InChI=1S/C13H19NO2/c1-9(2)13(10(3)4,12(15)16)11-5-7-14-8-6-11/h5-10H,1-4H3,(H,15,16). The molecule has 0 aliphatic heterocycles. The van der Waals surface area contributed by atoms with Crippen LogP contribution >= 0.6 is 0 Å². The summed E-state index contributed by atoms with van der Waals surface area (Å²) in [5.74, 6) is -0.691. The molecule has 0 spiro atoms. The van der Waals surface area contributed by atoms with Crippen LogP contribution in [0.15, 0.2) is 24.5 Å². The highest BCUT2D eigenvalue weighted by atomic mass is 16.4. The van der Waals surface area contributed by atoms with Crippen molar-refractivity contribution < 1.29 is 9.90 Å². The van der Waals surface area contributed by atoms with E-state index in [9.17, 15) is 9.90 Å². The van der Waals surface area contributed by atoms with Crippen molar-refractivity contribution in [3.8, 4) is 0 Å². The lowest BCUT2D eigenvalue weighted by Crippen LogP contribution is -2.45. The van der Waals surface area contributed by atoms with Gasteiger partial charge in [0.1, 0.15) is 0 Å². The minimum Gasteiger partial charge on any atom is -0.481 e. The Labute approximate surface area is 96.5 Å². The van der Waals surface area contributed by atoms with Crippen LogP contribution in [0.5, 0.6) is 0 Å². The molecule has 1 N–H and O–H groups in total. The number of carboxylic acid groups (broad SMARTS) is 1. The quantitative estimate of drug-likeness (QED) is 0.850. The molecule has 1 heterocycles. The second-order valence-electron chi connectivity index (χ2n) is 4.72. The topological polar surface area (TPSA) is 50.2 Å². The summed E-state index contributed by atoms with van der Waals surface area (Å²) in [6.07, 6.45) is 3.30. The fourth-order valence-electron chi connectivity index (χ4n) is 2.58. The van der Waals surface area contributed by atoms with Gasteiger partial charge in [-0.1, -0.05) is 27.7 Å². The molecule has 0 bridgehead atoms. The molecule has 0 saturated heterocycles. The molecule has 1 rings (SSSR count). The molecule has 0 amide bonds. The molecule has 16 heavy (non-hydrogen) atoms. The van der Waals surface area contributed by atoms with Crippen LogP contribution in [0.1, 0.15) is 33.3 Å². The summed E-state index contributed by atoms with van der Waals surface area (Å²) in [6, 6.07) is 3.60. The van der Waals surface area contributed by atoms with Crippen LogP contribution in [-0.2, 0) is 10.2 Å². The number of pyridine rings is 1. The number of nitrogens with zero attached hydrogens (tertiary/aromatic N) is 1. The monoisotopic (exact) mass is 221 g/mol. The van der Waals surface area contributed by atoms with Crippen LogP contribution in [0.2, 0.25) is 0 Å². The van der Waals surface area contributed by atoms with E-state index < -0.39 is 11.4 Å². The number of aliphatic carboxylic acids is 1. The van der Waals surface area contributed by atoms with E-state index in [1.54, 1.807) is 24.5 Å². The van der Waals surface area contributed by atoms with E-state index in [0.29, 0.717) is 0 Å². The van der Waals surface area contributed by atoms with Crippen molar-refractivity contribution in [1.82, 2.24) is 4.98 Å². The van der Waals surface area contributed by atoms with Gasteiger partial charge in [-0.15, -0.1) is 0 Å². The van der Waals surface area contributed by atoms with Gasteiger partial charge < -0.3 is 5.11 Å². The van der Waals surface area contributed by atoms with Gasteiger partial charge in [0.15, 0.2) is 0 Å². The lowest BCUT2D eigenvalue weighted by Gasteiger charge is -2.37. The number of rotatable bonds is 4. The zero-order valence-corrected chi connectivity index (χ0v) is 10.3. The lowest BCUT2D eigenvalue weighted by atomic mass is 9.65. The Kier molecular flexibility index (Phi) is 3.68. The molecule has 0 saturated carbocycles. The summed E-state index contributed by atoms with van der Waals surface area (Å²) < 4.78 is 0. The van der Waals surface area contributed by atoms with Gasteiger partial charge in [0.25, 0.3) is 0 Å². The van der Waals surface area contributed by atoms with Crippen molar-refractivity contribution >= 4 is 5.97 Å². The molecule has 1 aromatic rings. The summed E-state index contributed by atoms with van der Waals surface area (Å²) in [4.78, 5) is 15.6. The van der Waals surface area contributed by atoms with Crippen molar-refractivity contribution in [1.29, 1.82) is 0 Å². The molecule has 0 radical (unpaired) electrons. The molecular weight excluding hydrogens is 202 g/mol. The van der Waals surface area contributed by atoms with Crippen molar-refractivity contribution in [3.63, 3.8) is 0 Å². The van der Waals surface area contributed by atoms with Crippen LogP contribution in [0.25, 0.3) is 0 Å². The van der Waals surface area contributed by atoms with Crippen LogP contribution in [-0.4, -0.2) is 16.1 Å². The Morgan fingerprint density at radius 2 is 1.62 bits per heavy atom. The van der Waals surface area contributed by atoms with Gasteiger partial charge in [0.2, 0.25) is 0 Å². The molecule has 1 aromatic heterocycles. The third-order valence-electron chi connectivity index (χ3n) is 3.33. The van der Waals surface area contributed by atoms with Crippen molar-refractivity contribution in [2.75, 3.05) is 0 Å². The van der Waals surface area contributed by atoms with E-state index in [1.165, 1.54) is 0 Å². The first-order chi connectivity index (χ1) is 7.44. The van der Waals surface area contributed by atoms with E-state index in [2.05, 4.69) is 4.98 Å². The Balaban J connectivity index is 3.40. The average Bonchev–Trinajstić information content (AvgIpc) is 2.18. The summed E-state index contributed by atoms with van der Waals surface area (Å²) in [5, 5.41) is 9.60. The van der Waals surface area contributed by atoms with Gasteiger partial charge in [-0.05, 0) is 29.5 Å². The molecule has 0 atom stereocenters. The van der Waals surface area contributed by atoms with E-state index in [4.69, 9.17) is 0 Å². The summed E-state index contributed by atoms with van der Waals surface area (Å²) in [5.41, 5.74) is 0.00292. The number of hydrogen-bond donors (Lipinski definition) is 1. The molecule has 88 valence electrons. The minimum absolute atomic E-state index is 0.0346. The predicted molar refractivity (Wildman–Crippen MR) is 63.2 cm³/mol. The Hall–Kier alpha value is -1.38. The summed E-state index contributed by atoms with van der Waals surface area (Å²) in [6.45, 7) is 7.81. The first-order valence-electron chi connectivity index (χ1n) is 5.57. The first kappa shape index (κ1) is 12.7. The van der Waals surface area contributed by atoms with E-state index in [1.807, 2.05) is 27.7 Å². The maximum absolute atomic E-state index is 11.7. The minimum atomic E-state index is -0.830. The van der Waals surface area contributed by atoms with E-state index >= 15 is 0 Å². The van der Waals surface area contributed by atoms with Crippen molar-refractivity contribution in [2.24, 2.45) is 11.8 Å². The fraction of sp³-hybridized carbons (Fsp3) is 0.538. The van der Waals surface area contributed by atoms with Crippen molar-refractivity contribution in [2.45, 2.75) is 33.1 Å². The molecule has 0 unspecified atom stereocenters. The number of carbonyl (C=O) groups is 1. The highest BCUT2D eigenvalue weighted by molar-refractivity contribution is 5.82.